The van der Waals surface area contributed by atoms with E-state index in [1.54, 1.807) is 6.07 Å². The van der Waals surface area contributed by atoms with Gasteiger partial charge in [-0.05, 0) is 30.2 Å². The van der Waals surface area contributed by atoms with E-state index in [1.807, 2.05) is 6.92 Å². The fraction of sp³-hybridized carbons (Fsp3) is 0.273. The fourth-order valence-electron chi connectivity index (χ4n) is 1.32. The third-order valence-corrected chi connectivity index (χ3v) is 4.01. The van der Waals surface area contributed by atoms with Gasteiger partial charge in [-0.25, -0.2) is 4.39 Å². The first-order chi connectivity index (χ1) is 8.19. The van der Waals surface area contributed by atoms with Gasteiger partial charge in [0.25, 0.3) is 0 Å². The highest BCUT2D eigenvalue weighted by Crippen LogP contribution is 2.21. The largest absolute Gasteiger partial charge is 0.356 e. The zero-order valence-electron chi connectivity index (χ0n) is 9.20. The van der Waals surface area contributed by atoms with Crippen LogP contribution in [0.4, 0.5) is 9.52 Å². The molecule has 1 N–H and O–H groups in total. The molecule has 2 aromatic rings. The van der Waals surface area contributed by atoms with E-state index in [1.165, 1.54) is 23.5 Å². The lowest BCUT2D eigenvalue weighted by Crippen LogP contribution is -2.00. The normalized spacial score (nSPS) is 10.5. The van der Waals surface area contributed by atoms with Crippen LogP contribution in [0.5, 0.6) is 0 Å². The summed E-state index contributed by atoms with van der Waals surface area (Å²) in [7, 11) is 0. The molecule has 0 aliphatic rings. The van der Waals surface area contributed by atoms with Crippen molar-refractivity contribution in [1.29, 1.82) is 0 Å². The van der Waals surface area contributed by atoms with Crippen molar-refractivity contribution >= 4 is 32.4 Å². The lowest BCUT2D eigenvalue weighted by Gasteiger charge is -2.05. The van der Waals surface area contributed by atoms with Crippen LogP contribution in [-0.2, 0) is 13.0 Å². The van der Waals surface area contributed by atoms with E-state index in [0.717, 1.165) is 26.6 Å². The second-order valence-electron chi connectivity index (χ2n) is 3.44. The molecular weight excluding hydrogens is 305 g/mol. The van der Waals surface area contributed by atoms with Crippen LogP contribution in [0.25, 0.3) is 0 Å². The average Bonchev–Trinajstić information content (AvgIpc) is 2.78. The molecule has 0 spiro atoms. The molecule has 0 radical (unpaired) electrons. The molecule has 1 heterocycles. The summed E-state index contributed by atoms with van der Waals surface area (Å²) in [5.41, 5.74) is 0.859. The highest BCUT2D eigenvalue weighted by Gasteiger charge is 2.04. The van der Waals surface area contributed by atoms with Crippen LogP contribution in [0.15, 0.2) is 22.7 Å². The summed E-state index contributed by atoms with van der Waals surface area (Å²) < 4.78 is 13.9. The van der Waals surface area contributed by atoms with Crippen LogP contribution >= 0.6 is 27.3 Å². The molecule has 0 atom stereocenters. The van der Waals surface area contributed by atoms with Crippen molar-refractivity contribution in [2.24, 2.45) is 0 Å². The number of nitrogens with one attached hydrogen (secondary N) is 1. The van der Waals surface area contributed by atoms with Crippen molar-refractivity contribution in [1.82, 2.24) is 10.2 Å². The number of aromatic nitrogens is 2. The van der Waals surface area contributed by atoms with Crippen LogP contribution in [0.1, 0.15) is 17.5 Å². The summed E-state index contributed by atoms with van der Waals surface area (Å²) in [6, 6.07) is 4.62. The Labute approximate surface area is 111 Å². The van der Waals surface area contributed by atoms with Crippen molar-refractivity contribution in [3.8, 4) is 0 Å². The Morgan fingerprint density at radius 3 is 2.94 bits per heavy atom. The van der Waals surface area contributed by atoms with Crippen molar-refractivity contribution in [2.45, 2.75) is 19.9 Å². The number of nitrogens with zero attached hydrogens (tertiary/aromatic N) is 2. The van der Waals surface area contributed by atoms with Crippen molar-refractivity contribution in [3.63, 3.8) is 0 Å². The Morgan fingerprint density at radius 1 is 1.41 bits per heavy atom. The average molecular weight is 316 g/mol. The Morgan fingerprint density at radius 2 is 2.24 bits per heavy atom. The molecule has 2 rings (SSSR count). The minimum Gasteiger partial charge on any atom is -0.356 e. The topological polar surface area (TPSA) is 37.8 Å². The van der Waals surface area contributed by atoms with E-state index in [4.69, 9.17) is 0 Å². The quantitative estimate of drug-likeness (QED) is 0.936. The molecule has 3 nitrogen and oxygen atoms in total. The number of benzene rings is 1. The number of aryl methyl sites for hydroxylation is 1. The van der Waals surface area contributed by atoms with E-state index in [0.29, 0.717) is 6.54 Å². The predicted molar refractivity (Wildman–Crippen MR) is 70.7 cm³/mol. The highest BCUT2D eigenvalue weighted by atomic mass is 79.9. The van der Waals surface area contributed by atoms with Crippen LogP contribution in [0.3, 0.4) is 0 Å². The first kappa shape index (κ1) is 12.4. The Bertz CT molecular complexity index is 515. The fourth-order valence-corrected chi connectivity index (χ4v) is 2.38. The zero-order chi connectivity index (χ0) is 12.3. The summed E-state index contributed by atoms with van der Waals surface area (Å²) >= 11 is 4.90. The summed E-state index contributed by atoms with van der Waals surface area (Å²) in [5.74, 6) is -0.239. The van der Waals surface area contributed by atoms with Gasteiger partial charge in [0, 0.05) is 11.0 Å². The molecule has 0 aliphatic carbocycles. The molecule has 0 saturated heterocycles. The molecule has 1 aromatic carbocycles. The number of anilines is 1. The van der Waals surface area contributed by atoms with Crippen LogP contribution < -0.4 is 5.32 Å². The molecule has 6 heteroatoms. The van der Waals surface area contributed by atoms with Gasteiger partial charge in [0.15, 0.2) is 0 Å². The molecule has 90 valence electrons. The van der Waals surface area contributed by atoms with Gasteiger partial charge in [0.2, 0.25) is 5.13 Å². The van der Waals surface area contributed by atoms with Crippen molar-refractivity contribution in [2.75, 3.05) is 5.32 Å². The Hall–Kier alpha value is -1.01. The lowest BCUT2D eigenvalue weighted by atomic mass is 10.2. The predicted octanol–water partition coefficient (Wildman–Crippen LogP) is 3.61. The SMILES string of the molecule is CCc1nnc(NCc2cc(F)ccc2Br)s1. The Kier molecular flexibility index (Phi) is 4.06. The van der Waals surface area contributed by atoms with Crippen LogP contribution in [0, 0.1) is 5.82 Å². The number of hydrogen-bond donors (Lipinski definition) is 1. The highest BCUT2D eigenvalue weighted by molar-refractivity contribution is 9.10. The van der Waals surface area contributed by atoms with Crippen molar-refractivity contribution < 1.29 is 4.39 Å². The molecule has 0 unspecified atom stereocenters. The lowest BCUT2D eigenvalue weighted by molar-refractivity contribution is 0.625. The maximum absolute atomic E-state index is 13.1. The number of rotatable bonds is 4. The first-order valence-corrected chi connectivity index (χ1v) is 6.80. The van der Waals surface area contributed by atoms with Gasteiger partial charge in [0.1, 0.15) is 10.8 Å². The zero-order valence-corrected chi connectivity index (χ0v) is 11.6. The molecule has 0 fully saturated rings. The van der Waals surface area contributed by atoms with E-state index < -0.39 is 0 Å². The summed E-state index contributed by atoms with van der Waals surface area (Å²) in [4.78, 5) is 0. The maximum Gasteiger partial charge on any atom is 0.205 e. The second-order valence-corrected chi connectivity index (χ2v) is 5.36. The van der Waals surface area contributed by atoms with E-state index >= 15 is 0 Å². The second kappa shape index (κ2) is 5.55. The third-order valence-electron chi connectivity index (χ3n) is 2.21. The molecule has 0 aliphatic heterocycles. The Balaban J connectivity index is 2.04. The van der Waals surface area contributed by atoms with Crippen molar-refractivity contribution in [3.05, 3.63) is 39.1 Å². The van der Waals surface area contributed by atoms with Crippen LogP contribution in [-0.4, -0.2) is 10.2 Å². The molecule has 0 saturated carbocycles. The third kappa shape index (κ3) is 3.23. The molecule has 0 amide bonds. The maximum atomic E-state index is 13.1. The van der Waals surface area contributed by atoms with Gasteiger partial charge in [-0.1, -0.05) is 34.2 Å². The summed E-state index contributed by atoms with van der Waals surface area (Å²) in [5, 5.41) is 12.9. The van der Waals surface area contributed by atoms with Gasteiger partial charge in [0.05, 0.1) is 0 Å². The number of halogens is 2. The smallest absolute Gasteiger partial charge is 0.205 e. The standard InChI is InChI=1S/C11H11BrFN3S/c1-2-10-15-16-11(17-10)14-6-7-5-8(13)3-4-9(7)12/h3-5H,2,6H2,1H3,(H,14,16). The van der Waals surface area contributed by atoms with Gasteiger partial charge in [-0.2, -0.15) is 0 Å². The first-order valence-electron chi connectivity index (χ1n) is 5.19. The molecule has 0 bridgehead atoms. The molecule has 17 heavy (non-hydrogen) atoms. The van der Waals surface area contributed by atoms with E-state index in [2.05, 4.69) is 31.4 Å². The molecule has 1 aromatic heterocycles. The van der Waals surface area contributed by atoms with Gasteiger partial charge >= 0.3 is 0 Å². The van der Waals surface area contributed by atoms with E-state index in [-0.39, 0.29) is 5.82 Å². The minimum atomic E-state index is -0.239. The van der Waals surface area contributed by atoms with Gasteiger partial charge < -0.3 is 5.32 Å². The molecular formula is C11H11BrFN3S. The summed E-state index contributed by atoms with van der Waals surface area (Å²) in [6.07, 6.45) is 0.878. The summed E-state index contributed by atoms with van der Waals surface area (Å²) in [6.45, 7) is 2.56. The minimum absolute atomic E-state index is 0.239. The van der Waals surface area contributed by atoms with E-state index in [9.17, 15) is 4.39 Å². The van der Waals surface area contributed by atoms with Crippen LogP contribution in [0.2, 0.25) is 0 Å². The monoisotopic (exact) mass is 315 g/mol. The van der Waals surface area contributed by atoms with Gasteiger partial charge in [-0.15, -0.1) is 10.2 Å². The number of hydrogen-bond acceptors (Lipinski definition) is 4. The van der Waals surface area contributed by atoms with Gasteiger partial charge in [-0.3, -0.25) is 0 Å².